The number of amides is 1. The number of rotatable bonds is 6. The van der Waals surface area contributed by atoms with Crippen molar-refractivity contribution in [3.63, 3.8) is 0 Å². The zero-order chi connectivity index (χ0) is 20.2. The first-order valence-electron chi connectivity index (χ1n) is 8.99. The van der Waals surface area contributed by atoms with E-state index < -0.39 is 5.56 Å². The molecule has 0 fully saturated rings. The molecular formula is C20H17ClN6O2. The summed E-state index contributed by atoms with van der Waals surface area (Å²) in [7, 11) is 0. The molecule has 4 aromatic rings. The summed E-state index contributed by atoms with van der Waals surface area (Å²) in [6, 6.07) is 16.8. The summed E-state index contributed by atoms with van der Waals surface area (Å²) in [6.45, 7) is 0.346. The van der Waals surface area contributed by atoms with E-state index in [9.17, 15) is 9.59 Å². The van der Waals surface area contributed by atoms with Crippen LogP contribution in [0.2, 0.25) is 5.02 Å². The summed E-state index contributed by atoms with van der Waals surface area (Å²) < 4.78 is 2.66. The smallest absolute Gasteiger partial charge is 0.284 e. The lowest BCUT2D eigenvalue weighted by Crippen LogP contribution is -2.33. The molecular weight excluding hydrogens is 392 g/mol. The maximum absolute atomic E-state index is 12.7. The Bertz CT molecular complexity index is 1220. The molecule has 0 atom stereocenters. The average Bonchev–Trinajstić information content (AvgIpc) is 3.16. The normalized spacial score (nSPS) is 10.9. The van der Waals surface area contributed by atoms with E-state index in [0.717, 1.165) is 5.56 Å². The van der Waals surface area contributed by atoms with Crippen LogP contribution in [0.4, 0.5) is 0 Å². The molecule has 0 bridgehead atoms. The van der Waals surface area contributed by atoms with Gasteiger partial charge in [-0.15, -0.1) is 5.10 Å². The molecule has 0 saturated carbocycles. The molecule has 2 heterocycles. The minimum atomic E-state index is -0.429. The van der Waals surface area contributed by atoms with Crippen LogP contribution in [-0.2, 0) is 17.8 Å². The van der Waals surface area contributed by atoms with Gasteiger partial charge in [-0.2, -0.15) is 4.68 Å². The van der Waals surface area contributed by atoms with Gasteiger partial charge >= 0.3 is 0 Å². The zero-order valence-corrected chi connectivity index (χ0v) is 16.1. The Hall–Kier alpha value is -3.52. The molecule has 2 aromatic carbocycles. The number of carbonyl (C=O) groups is 1. The third-order valence-corrected chi connectivity index (χ3v) is 4.61. The Kier molecular flexibility index (Phi) is 5.35. The third-order valence-electron chi connectivity index (χ3n) is 4.37. The molecule has 4 rings (SSSR count). The van der Waals surface area contributed by atoms with Crippen LogP contribution < -0.4 is 10.9 Å². The van der Waals surface area contributed by atoms with Crippen molar-refractivity contribution in [3.05, 3.63) is 81.9 Å². The molecule has 29 heavy (non-hydrogen) atoms. The Labute approximate surface area is 170 Å². The van der Waals surface area contributed by atoms with Gasteiger partial charge in [0.15, 0.2) is 11.2 Å². The van der Waals surface area contributed by atoms with E-state index in [1.807, 2.05) is 30.3 Å². The molecule has 0 aliphatic rings. The number of benzene rings is 2. The van der Waals surface area contributed by atoms with Gasteiger partial charge in [-0.05, 0) is 30.2 Å². The van der Waals surface area contributed by atoms with E-state index in [1.165, 1.54) is 15.6 Å². The maximum atomic E-state index is 12.7. The molecule has 0 spiro atoms. The molecule has 1 amide bonds. The van der Waals surface area contributed by atoms with Gasteiger partial charge in [0.2, 0.25) is 5.91 Å². The second kappa shape index (κ2) is 8.24. The second-order valence-electron chi connectivity index (χ2n) is 6.42. The minimum Gasteiger partial charge on any atom is -0.354 e. The molecule has 0 aliphatic carbocycles. The van der Waals surface area contributed by atoms with Crippen molar-refractivity contribution < 1.29 is 4.79 Å². The van der Waals surface area contributed by atoms with Gasteiger partial charge in [0.25, 0.3) is 5.56 Å². The van der Waals surface area contributed by atoms with E-state index >= 15 is 0 Å². The van der Waals surface area contributed by atoms with Crippen molar-refractivity contribution in [2.75, 3.05) is 6.54 Å². The lowest BCUT2D eigenvalue weighted by Gasteiger charge is -2.07. The van der Waals surface area contributed by atoms with Gasteiger partial charge < -0.3 is 5.32 Å². The fraction of sp³-hybridized carbons (Fsp3) is 0.150. The van der Waals surface area contributed by atoms with Gasteiger partial charge in [-0.3, -0.25) is 14.2 Å². The van der Waals surface area contributed by atoms with E-state index in [2.05, 4.69) is 20.6 Å². The van der Waals surface area contributed by atoms with Crippen LogP contribution in [0.25, 0.3) is 16.9 Å². The van der Waals surface area contributed by atoms with Crippen LogP contribution in [0.5, 0.6) is 0 Å². The van der Waals surface area contributed by atoms with Crippen molar-refractivity contribution in [3.8, 4) is 5.69 Å². The van der Waals surface area contributed by atoms with Crippen LogP contribution in [0.15, 0.2) is 65.7 Å². The summed E-state index contributed by atoms with van der Waals surface area (Å²) >= 11 is 6.02. The Morgan fingerprint density at radius 3 is 2.72 bits per heavy atom. The first-order chi connectivity index (χ1) is 14.1. The topological polar surface area (TPSA) is 94.7 Å². The van der Waals surface area contributed by atoms with E-state index in [1.54, 1.807) is 24.3 Å². The molecule has 9 heteroatoms. The monoisotopic (exact) mass is 408 g/mol. The predicted molar refractivity (Wildman–Crippen MR) is 109 cm³/mol. The van der Waals surface area contributed by atoms with Gasteiger partial charge in [0, 0.05) is 11.6 Å². The average molecular weight is 409 g/mol. The number of hydrogen-bond donors (Lipinski definition) is 1. The summed E-state index contributed by atoms with van der Waals surface area (Å²) in [6.07, 6.45) is 2.04. The summed E-state index contributed by atoms with van der Waals surface area (Å²) in [5.74, 6) is -0.272. The number of aromatic nitrogens is 5. The molecule has 0 saturated heterocycles. The fourth-order valence-corrected chi connectivity index (χ4v) is 3.12. The zero-order valence-electron chi connectivity index (χ0n) is 15.3. The van der Waals surface area contributed by atoms with Crippen LogP contribution in [0.1, 0.15) is 5.56 Å². The molecule has 2 aromatic heterocycles. The van der Waals surface area contributed by atoms with Crippen molar-refractivity contribution in [1.29, 1.82) is 0 Å². The summed E-state index contributed by atoms with van der Waals surface area (Å²) in [4.78, 5) is 29.1. The summed E-state index contributed by atoms with van der Waals surface area (Å²) in [5.41, 5.74) is 1.73. The van der Waals surface area contributed by atoms with Gasteiger partial charge in [0.05, 0.1) is 5.69 Å². The van der Waals surface area contributed by atoms with Gasteiger partial charge in [-0.1, -0.05) is 53.2 Å². The Morgan fingerprint density at radius 1 is 1.10 bits per heavy atom. The number of nitrogens with zero attached hydrogens (tertiary/aromatic N) is 5. The third kappa shape index (κ3) is 4.17. The van der Waals surface area contributed by atoms with E-state index in [0.29, 0.717) is 29.3 Å². The minimum absolute atomic E-state index is 0.0876. The summed E-state index contributed by atoms with van der Waals surface area (Å²) in [5, 5.41) is 11.3. The highest BCUT2D eigenvalue weighted by atomic mass is 35.5. The lowest BCUT2D eigenvalue weighted by molar-refractivity contribution is -0.121. The Balaban J connectivity index is 1.48. The Morgan fingerprint density at radius 2 is 1.93 bits per heavy atom. The van der Waals surface area contributed by atoms with Crippen molar-refractivity contribution >= 4 is 28.7 Å². The first kappa shape index (κ1) is 18.8. The molecule has 1 N–H and O–H groups in total. The highest BCUT2D eigenvalue weighted by Gasteiger charge is 2.15. The largest absolute Gasteiger partial charge is 0.354 e. The number of carbonyl (C=O) groups excluding carboxylic acids is 1. The predicted octanol–water partition coefficient (Wildman–Crippen LogP) is 1.99. The fourth-order valence-electron chi connectivity index (χ4n) is 2.94. The van der Waals surface area contributed by atoms with Crippen LogP contribution in [-0.4, -0.2) is 37.0 Å². The second-order valence-corrected chi connectivity index (χ2v) is 6.85. The molecule has 146 valence electrons. The van der Waals surface area contributed by atoms with Crippen LogP contribution in [0, 0.1) is 0 Å². The van der Waals surface area contributed by atoms with Crippen molar-refractivity contribution in [2.45, 2.75) is 13.0 Å². The van der Waals surface area contributed by atoms with E-state index in [4.69, 9.17) is 11.6 Å². The standard InChI is InChI=1S/C20H17ClN6O2/c21-15-7-4-8-16(11-15)27-19-18(24-25-27)20(29)26(13-23-19)12-17(28)22-10-9-14-5-2-1-3-6-14/h1-8,11,13H,9-10,12H2,(H,22,28). The molecule has 0 aliphatic heterocycles. The molecule has 0 unspecified atom stereocenters. The number of hydrogen-bond acceptors (Lipinski definition) is 5. The molecule has 0 radical (unpaired) electrons. The lowest BCUT2D eigenvalue weighted by atomic mass is 10.1. The quantitative estimate of drug-likeness (QED) is 0.526. The van der Waals surface area contributed by atoms with Crippen molar-refractivity contribution in [1.82, 2.24) is 29.9 Å². The SMILES string of the molecule is O=C(Cn1cnc2c(nnn2-c2cccc(Cl)c2)c1=O)NCCc1ccccc1. The van der Waals surface area contributed by atoms with Gasteiger partial charge in [0.1, 0.15) is 12.9 Å². The number of halogens is 1. The van der Waals surface area contributed by atoms with Gasteiger partial charge in [-0.25, -0.2) is 4.98 Å². The van der Waals surface area contributed by atoms with Crippen molar-refractivity contribution in [2.24, 2.45) is 0 Å². The van der Waals surface area contributed by atoms with E-state index in [-0.39, 0.29) is 18.0 Å². The van der Waals surface area contributed by atoms with Crippen LogP contribution >= 0.6 is 11.6 Å². The highest BCUT2D eigenvalue weighted by Crippen LogP contribution is 2.16. The maximum Gasteiger partial charge on any atom is 0.284 e. The first-order valence-corrected chi connectivity index (χ1v) is 9.37. The number of fused-ring (bicyclic) bond motifs is 1. The number of nitrogens with one attached hydrogen (secondary N) is 1. The molecule has 8 nitrogen and oxygen atoms in total. The van der Waals surface area contributed by atoms with Crippen LogP contribution in [0.3, 0.4) is 0 Å². The highest BCUT2D eigenvalue weighted by molar-refractivity contribution is 6.30.